The number of imidazole rings is 1. The molecule has 2 aromatic heterocycles. The van der Waals surface area contributed by atoms with Gasteiger partial charge in [0.2, 0.25) is 5.95 Å². The number of hydrogen-bond acceptors (Lipinski definition) is 10. The van der Waals surface area contributed by atoms with Gasteiger partial charge in [0.1, 0.15) is 26.0 Å². The predicted octanol–water partition coefficient (Wildman–Crippen LogP) is 12.6. The van der Waals surface area contributed by atoms with Crippen LogP contribution >= 0.6 is 0 Å². The maximum Gasteiger partial charge on any atom is 0.305 e. The van der Waals surface area contributed by atoms with E-state index in [2.05, 4.69) is 44.1 Å². The van der Waals surface area contributed by atoms with E-state index in [1.807, 2.05) is 6.92 Å². The van der Waals surface area contributed by atoms with Crippen LogP contribution in [0.4, 0.5) is 11.8 Å². The van der Waals surface area contributed by atoms with Crippen molar-refractivity contribution >= 4 is 34.9 Å². The molecule has 0 spiro atoms. The number of carbonyl (C=O) groups is 2. The first-order valence-corrected chi connectivity index (χ1v) is 22.5. The van der Waals surface area contributed by atoms with E-state index in [0.717, 1.165) is 38.5 Å². The molecular formula is C43H76N8O5. The summed E-state index contributed by atoms with van der Waals surface area (Å²) in [7, 11) is 0. The van der Waals surface area contributed by atoms with Crippen molar-refractivity contribution in [3.63, 3.8) is 0 Å². The van der Waals surface area contributed by atoms with Crippen LogP contribution in [0.1, 0.15) is 201 Å². The smallest absolute Gasteiger partial charge is 0.305 e. The third kappa shape index (κ3) is 23.6. The van der Waals surface area contributed by atoms with Crippen LogP contribution in [0.15, 0.2) is 11.4 Å². The second-order valence-electron chi connectivity index (χ2n) is 15.2. The molecule has 0 aliphatic heterocycles. The molecule has 0 aliphatic carbocycles. The number of azide groups is 1. The number of nitrogens with zero attached hydrogens (tertiary/aromatic N) is 7. The monoisotopic (exact) mass is 785 g/mol. The van der Waals surface area contributed by atoms with Crippen LogP contribution in [-0.2, 0) is 30.5 Å². The largest absolute Gasteiger partial charge is 0.463 e. The normalized spacial score (nSPS) is 11.3. The lowest BCUT2D eigenvalue weighted by atomic mass is 10.0. The van der Waals surface area contributed by atoms with Crippen molar-refractivity contribution in [2.24, 2.45) is 5.11 Å². The van der Waals surface area contributed by atoms with Gasteiger partial charge in [0, 0.05) is 24.3 Å². The van der Waals surface area contributed by atoms with Crippen LogP contribution in [0, 0.1) is 0 Å². The number of unbranched alkanes of at least 4 members (excludes halogenated alkanes) is 24. The minimum Gasteiger partial charge on any atom is -0.463 e. The molecule has 2 aromatic rings. The number of anilines is 1. The molecular weight excluding hydrogens is 709 g/mol. The van der Waals surface area contributed by atoms with Gasteiger partial charge in [-0.25, -0.2) is 15.0 Å². The number of carbonyl (C=O) groups excluding carboxylic acids is 2. The van der Waals surface area contributed by atoms with E-state index in [1.54, 1.807) is 10.9 Å². The fraction of sp³-hybridized carbons (Fsp3) is 0.837. The quantitative estimate of drug-likeness (QED) is 0.0229. The molecule has 56 heavy (non-hydrogen) atoms. The number of nitrogens with one attached hydrogen (secondary N) is 1. The highest BCUT2D eigenvalue weighted by Gasteiger charge is 2.18. The predicted molar refractivity (Wildman–Crippen MR) is 226 cm³/mol. The Morgan fingerprint density at radius 1 is 0.679 bits per heavy atom. The topological polar surface area (TPSA) is 166 Å². The molecule has 0 saturated heterocycles. The Bertz CT molecular complexity index is 1300. The highest BCUT2D eigenvalue weighted by molar-refractivity contribution is 5.84. The molecule has 0 bridgehead atoms. The molecule has 13 nitrogen and oxygen atoms in total. The Morgan fingerprint density at radius 2 is 1.11 bits per heavy atom. The lowest BCUT2D eigenvalue weighted by Crippen LogP contribution is -2.29. The number of aromatic nitrogens is 4. The zero-order valence-corrected chi connectivity index (χ0v) is 35.5. The minimum atomic E-state index is -0.690. The maximum atomic E-state index is 12.7. The van der Waals surface area contributed by atoms with E-state index in [1.165, 1.54) is 128 Å². The van der Waals surface area contributed by atoms with Crippen LogP contribution < -0.4 is 5.32 Å². The first kappa shape index (κ1) is 48.7. The van der Waals surface area contributed by atoms with Gasteiger partial charge < -0.3 is 19.5 Å². The minimum absolute atomic E-state index is 0.00767. The van der Waals surface area contributed by atoms with Gasteiger partial charge >= 0.3 is 11.9 Å². The summed E-state index contributed by atoms with van der Waals surface area (Å²) >= 11 is 0. The summed E-state index contributed by atoms with van der Waals surface area (Å²) in [4.78, 5) is 41.2. The molecule has 0 aromatic carbocycles. The average molecular weight is 785 g/mol. The van der Waals surface area contributed by atoms with Gasteiger partial charge in [-0.15, -0.1) is 0 Å². The van der Waals surface area contributed by atoms with Crippen molar-refractivity contribution in [3.8, 4) is 0 Å². The van der Waals surface area contributed by atoms with Gasteiger partial charge in [-0.3, -0.25) is 14.2 Å². The summed E-state index contributed by atoms with van der Waals surface area (Å²) in [6, 6.07) is 0. The molecule has 2 rings (SSSR count). The Kier molecular flexibility index (Phi) is 29.3. The highest BCUT2D eigenvalue weighted by atomic mass is 16.6. The first-order chi connectivity index (χ1) is 27.5. The molecule has 0 aliphatic rings. The molecule has 0 radical (unpaired) electrons. The van der Waals surface area contributed by atoms with Crippen LogP contribution in [0.5, 0.6) is 0 Å². The number of ether oxygens (including phenoxy) is 3. The number of esters is 2. The van der Waals surface area contributed by atoms with Crippen molar-refractivity contribution in [3.05, 3.63) is 16.8 Å². The third-order valence-electron chi connectivity index (χ3n) is 10.2. The lowest BCUT2D eigenvalue weighted by molar-refractivity contribution is -0.157. The van der Waals surface area contributed by atoms with E-state index < -0.39 is 6.10 Å². The number of fused-ring (bicyclic) bond motifs is 1. The lowest BCUT2D eigenvalue weighted by Gasteiger charge is -2.18. The molecule has 0 fully saturated rings. The standard InChI is InChI=1S/C43H76N8O5/c1-4-7-9-11-13-15-17-19-21-23-25-27-29-31-38(52)54-33-37(34-55-39(53)32-30-28-26-24-22-20-18-16-14-12-10-8-5-2)56-36-51-35-46-40-41(45-6-3)47-43(49-50-44)48-42(40)51/h35,37H,4-34,36H2,1-3H3,(H,45,47,48). The van der Waals surface area contributed by atoms with Crippen LogP contribution in [0.3, 0.4) is 0 Å². The molecule has 0 saturated carbocycles. The molecule has 2 heterocycles. The van der Waals surface area contributed by atoms with Gasteiger partial charge in [-0.1, -0.05) is 168 Å². The van der Waals surface area contributed by atoms with Gasteiger partial charge in [0.05, 0.1) is 6.33 Å². The molecule has 0 atom stereocenters. The van der Waals surface area contributed by atoms with Gasteiger partial charge in [-0.05, 0) is 30.4 Å². The van der Waals surface area contributed by atoms with Crippen molar-refractivity contribution < 1.29 is 23.8 Å². The van der Waals surface area contributed by atoms with E-state index >= 15 is 0 Å². The molecule has 13 heteroatoms. The van der Waals surface area contributed by atoms with E-state index in [4.69, 9.17) is 19.7 Å². The zero-order valence-electron chi connectivity index (χ0n) is 35.5. The Labute approximate surface area is 337 Å². The SMILES string of the molecule is CCCCCCCCCCCCCCCC(=O)OCC(COC(=O)CCCCCCCCCCCCCCC)OCn1cnc2c(NCC)nc(N=[N+]=[N-])nc21. The third-order valence-corrected chi connectivity index (χ3v) is 10.2. The van der Waals surface area contributed by atoms with Crippen molar-refractivity contribution in [1.29, 1.82) is 0 Å². The van der Waals surface area contributed by atoms with E-state index in [-0.39, 0.29) is 37.8 Å². The van der Waals surface area contributed by atoms with Crippen LogP contribution in [0.2, 0.25) is 0 Å². The maximum absolute atomic E-state index is 12.7. The highest BCUT2D eigenvalue weighted by Crippen LogP contribution is 2.23. The van der Waals surface area contributed by atoms with Crippen LogP contribution in [0.25, 0.3) is 21.6 Å². The Morgan fingerprint density at radius 3 is 1.52 bits per heavy atom. The second kappa shape index (κ2) is 33.7. The molecule has 318 valence electrons. The molecule has 0 unspecified atom stereocenters. The summed E-state index contributed by atoms with van der Waals surface area (Å²) in [5, 5.41) is 6.68. The summed E-state index contributed by atoms with van der Waals surface area (Å²) in [5.74, 6) is -0.164. The molecule has 1 N–H and O–H groups in total. The van der Waals surface area contributed by atoms with Gasteiger partial charge in [0.25, 0.3) is 0 Å². The summed E-state index contributed by atoms with van der Waals surface area (Å²) in [6.45, 7) is 6.93. The van der Waals surface area contributed by atoms with Crippen molar-refractivity contribution in [2.75, 3.05) is 25.1 Å². The number of hydrogen-bond donors (Lipinski definition) is 1. The van der Waals surface area contributed by atoms with Crippen molar-refractivity contribution in [2.45, 2.75) is 213 Å². The summed E-state index contributed by atoms with van der Waals surface area (Å²) in [6.07, 6.45) is 33.8. The van der Waals surface area contributed by atoms with Gasteiger partial charge in [-0.2, -0.15) is 0 Å². The fourth-order valence-corrected chi connectivity index (χ4v) is 6.82. The Hall–Kier alpha value is -3.44. The Balaban J connectivity index is 1.77. The first-order valence-electron chi connectivity index (χ1n) is 22.5. The zero-order chi connectivity index (χ0) is 40.3. The second-order valence-corrected chi connectivity index (χ2v) is 15.2. The van der Waals surface area contributed by atoms with Crippen LogP contribution in [-0.4, -0.2) is 57.3 Å². The van der Waals surface area contributed by atoms with E-state index in [0.29, 0.717) is 36.4 Å². The average Bonchev–Trinajstić information content (AvgIpc) is 3.61. The molecule has 0 amide bonds. The van der Waals surface area contributed by atoms with E-state index in [9.17, 15) is 9.59 Å². The fourth-order valence-electron chi connectivity index (χ4n) is 6.82. The van der Waals surface area contributed by atoms with Crippen molar-refractivity contribution in [1.82, 2.24) is 19.5 Å². The summed E-state index contributed by atoms with van der Waals surface area (Å²) in [5.41, 5.74) is 9.86. The number of rotatable bonds is 38. The summed E-state index contributed by atoms with van der Waals surface area (Å²) < 4.78 is 19.0. The van der Waals surface area contributed by atoms with Gasteiger partial charge in [0.15, 0.2) is 17.0 Å².